The van der Waals surface area contributed by atoms with Gasteiger partial charge in [-0.15, -0.1) is 0 Å². The van der Waals surface area contributed by atoms with Crippen molar-refractivity contribution in [3.63, 3.8) is 0 Å². The molecule has 1 unspecified atom stereocenters. The van der Waals surface area contributed by atoms with Crippen LogP contribution in [0.2, 0.25) is 0 Å². The van der Waals surface area contributed by atoms with Crippen molar-refractivity contribution in [2.75, 3.05) is 14.1 Å². The van der Waals surface area contributed by atoms with Crippen LogP contribution in [0.15, 0.2) is 42.6 Å². The molecule has 3 N–H and O–H groups in total. The summed E-state index contributed by atoms with van der Waals surface area (Å²) in [7, 11) is 4.13. The average molecular weight is 312 g/mol. The SMILES string of the molecule is CC(NCc1ccc(C(N)=O)nc1)c1cccc(CN(C)C)c1. The zero-order valence-corrected chi connectivity index (χ0v) is 13.9. The number of primary amides is 1. The fourth-order valence-electron chi connectivity index (χ4n) is 2.39. The van der Waals surface area contributed by atoms with Gasteiger partial charge in [-0.1, -0.05) is 30.3 Å². The number of carbonyl (C=O) groups excluding carboxylic acids is 1. The molecule has 5 nitrogen and oxygen atoms in total. The second kappa shape index (κ2) is 7.85. The van der Waals surface area contributed by atoms with Gasteiger partial charge < -0.3 is 16.0 Å². The molecule has 2 rings (SSSR count). The van der Waals surface area contributed by atoms with Crippen LogP contribution >= 0.6 is 0 Å². The lowest BCUT2D eigenvalue weighted by atomic mass is 10.0. The summed E-state index contributed by atoms with van der Waals surface area (Å²) in [6, 6.07) is 12.3. The number of nitrogens with two attached hydrogens (primary N) is 1. The van der Waals surface area contributed by atoms with Crippen molar-refractivity contribution in [2.45, 2.75) is 26.1 Å². The summed E-state index contributed by atoms with van der Waals surface area (Å²) in [5.41, 5.74) is 9.06. The summed E-state index contributed by atoms with van der Waals surface area (Å²) < 4.78 is 0. The molecule has 0 fully saturated rings. The molecule has 0 aliphatic rings. The van der Waals surface area contributed by atoms with Gasteiger partial charge in [0.15, 0.2) is 0 Å². The van der Waals surface area contributed by atoms with Crippen molar-refractivity contribution in [3.05, 3.63) is 65.0 Å². The van der Waals surface area contributed by atoms with Crippen LogP contribution in [-0.2, 0) is 13.1 Å². The van der Waals surface area contributed by atoms with Gasteiger partial charge in [-0.05, 0) is 43.8 Å². The molecule has 0 aliphatic heterocycles. The highest BCUT2D eigenvalue weighted by Gasteiger charge is 2.07. The van der Waals surface area contributed by atoms with Gasteiger partial charge in [0.2, 0.25) is 0 Å². The van der Waals surface area contributed by atoms with Crippen molar-refractivity contribution in [2.24, 2.45) is 5.73 Å². The maximum atomic E-state index is 11.0. The molecule has 1 aromatic carbocycles. The summed E-state index contributed by atoms with van der Waals surface area (Å²) >= 11 is 0. The van der Waals surface area contributed by atoms with Gasteiger partial charge in [-0.25, -0.2) is 0 Å². The molecule has 2 aromatic rings. The standard InChI is InChI=1S/C18H24N4O/c1-13(16-6-4-5-14(9-16)12-22(2)3)20-10-15-7-8-17(18(19)23)21-11-15/h4-9,11,13,20H,10,12H2,1-3H3,(H2,19,23). The Morgan fingerprint density at radius 3 is 2.65 bits per heavy atom. The van der Waals surface area contributed by atoms with Crippen LogP contribution in [0, 0.1) is 0 Å². The molecule has 0 saturated carbocycles. The van der Waals surface area contributed by atoms with Crippen LogP contribution in [-0.4, -0.2) is 29.9 Å². The number of pyridine rings is 1. The Labute approximate surface area is 137 Å². The van der Waals surface area contributed by atoms with E-state index in [-0.39, 0.29) is 11.7 Å². The van der Waals surface area contributed by atoms with E-state index in [1.165, 1.54) is 11.1 Å². The Kier molecular flexibility index (Phi) is 5.84. The van der Waals surface area contributed by atoms with E-state index in [9.17, 15) is 4.79 Å². The molecular formula is C18H24N4O. The van der Waals surface area contributed by atoms with Crippen LogP contribution in [0.5, 0.6) is 0 Å². The molecular weight excluding hydrogens is 288 g/mol. The summed E-state index contributed by atoms with van der Waals surface area (Å²) in [5.74, 6) is -0.504. The van der Waals surface area contributed by atoms with E-state index >= 15 is 0 Å². The molecule has 1 amide bonds. The minimum atomic E-state index is -0.504. The van der Waals surface area contributed by atoms with E-state index in [1.807, 2.05) is 6.07 Å². The average Bonchev–Trinajstić information content (AvgIpc) is 2.52. The zero-order chi connectivity index (χ0) is 16.8. The van der Waals surface area contributed by atoms with Crippen molar-refractivity contribution in [1.29, 1.82) is 0 Å². The molecule has 122 valence electrons. The Hall–Kier alpha value is -2.24. The molecule has 0 radical (unpaired) electrons. The fourth-order valence-corrected chi connectivity index (χ4v) is 2.39. The number of benzene rings is 1. The number of hydrogen-bond donors (Lipinski definition) is 2. The van der Waals surface area contributed by atoms with Gasteiger partial charge in [0.1, 0.15) is 5.69 Å². The largest absolute Gasteiger partial charge is 0.364 e. The smallest absolute Gasteiger partial charge is 0.267 e. The maximum absolute atomic E-state index is 11.0. The van der Waals surface area contributed by atoms with E-state index in [4.69, 9.17) is 5.73 Å². The van der Waals surface area contributed by atoms with Crippen molar-refractivity contribution < 1.29 is 4.79 Å². The third-order valence-corrected chi connectivity index (χ3v) is 3.64. The third kappa shape index (κ3) is 5.16. The summed E-state index contributed by atoms with van der Waals surface area (Å²) in [6.45, 7) is 3.75. The van der Waals surface area contributed by atoms with Gasteiger partial charge in [0, 0.05) is 25.3 Å². The summed E-state index contributed by atoms with van der Waals surface area (Å²) in [6.07, 6.45) is 1.68. The molecule has 0 bridgehead atoms. The lowest BCUT2D eigenvalue weighted by Crippen LogP contribution is -2.19. The first kappa shape index (κ1) is 17.1. The number of nitrogens with one attached hydrogen (secondary N) is 1. The summed E-state index contributed by atoms with van der Waals surface area (Å²) in [4.78, 5) is 17.2. The second-order valence-corrected chi connectivity index (χ2v) is 6.00. The molecule has 0 spiro atoms. The number of rotatable bonds is 7. The maximum Gasteiger partial charge on any atom is 0.267 e. The van der Waals surface area contributed by atoms with E-state index in [2.05, 4.69) is 60.5 Å². The van der Waals surface area contributed by atoms with Gasteiger partial charge in [-0.3, -0.25) is 9.78 Å². The lowest BCUT2D eigenvalue weighted by molar-refractivity contribution is 0.0995. The second-order valence-electron chi connectivity index (χ2n) is 6.00. The van der Waals surface area contributed by atoms with Crippen molar-refractivity contribution in [1.82, 2.24) is 15.2 Å². The number of carbonyl (C=O) groups is 1. The van der Waals surface area contributed by atoms with Crippen LogP contribution in [0.3, 0.4) is 0 Å². The van der Waals surface area contributed by atoms with Gasteiger partial charge in [0.05, 0.1) is 0 Å². The highest BCUT2D eigenvalue weighted by Crippen LogP contribution is 2.15. The monoisotopic (exact) mass is 312 g/mol. The van der Waals surface area contributed by atoms with Crippen LogP contribution in [0.25, 0.3) is 0 Å². The van der Waals surface area contributed by atoms with E-state index in [0.29, 0.717) is 6.54 Å². The molecule has 1 aromatic heterocycles. The molecule has 0 aliphatic carbocycles. The first-order chi connectivity index (χ1) is 11.0. The first-order valence-corrected chi connectivity index (χ1v) is 7.67. The fraction of sp³-hybridized carbons (Fsp3) is 0.333. The van der Waals surface area contributed by atoms with Crippen molar-refractivity contribution >= 4 is 5.91 Å². The Bertz CT molecular complexity index is 652. The minimum absolute atomic E-state index is 0.230. The predicted molar refractivity (Wildman–Crippen MR) is 91.8 cm³/mol. The quantitative estimate of drug-likeness (QED) is 0.821. The molecule has 23 heavy (non-hydrogen) atoms. The first-order valence-electron chi connectivity index (χ1n) is 7.67. The molecule has 5 heteroatoms. The highest BCUT2D eigenvalue weighted by atomic mass is 16.1. The van der Waals surface area contributed by atoms with Crippen LogP contribution < -0.4 is 11.1 Å². The Morgan fingerprint density at radius 2 is 2.04 bits per heavy atom. The topological polar surface area (TPSA) is 71.2 Å². The van der Waals surface area contributed by atoms with E-state index in [1.54, 1.807) is 12.3 Å². The predicted octanol–water partition coefficient (Wildman–Crippen LogP) is 2.09. The highest BCUT2D eigenvalue weighted by molar-refractivity contribution is 5.90. The van der Waals surface area contributed by atoms with Crippen LogP contribution in [0.4, 0.5) is 0 Å². The lowest BCUT2D eigenvalue weighted by Gasteiger charge is -2.16. The molecule has 0 saturated heterocycles. The Morgan fingerprint density at radius 1 is 1.26 bits per heavy atom. The van der Waals surface area contributed by atoms with E-state index in [0.717, 1.165) is 12.1 Å². The van der Waals surface area contributed by atoms with Gasteiger partial charge in [-0.2, -0.15) is 0 Å². The number of amides is 1. The number of nitrogens with zero attached hydrogens (tertiary/aromatic N) is 2. The normalized spacial score (nSPS) is 12.3. The zero-order valence-electron chi connectivity index (χ0n) is 13.9. The van der Waals surface area contributed by atoms with Gasteiger partial charge >= 0.3 is 0 Å². The number of aromatic nitrogens is 1. The van der Waals surface area contributed by atoms with Gasteiger partial charge in [0.25, 0.3) is 5.91 Å². The summed E-state index contributed by atoms with van der Waals surface area (Å²) in [5, 5.41) is 3.47. The molecule has 1 heterocycles. The minimum Gasteiger partial charge on any atom is -0.364 e. The molecule has 1 atom stereocenters. The number of hydrogen-bond acceptors (Lipinski definition) is 4. The van der Waals surface area contributed by atoms with Crippen LogP contribution in [0.1, 0.15) is 40.1 Å². The third-order valence-electron chi connectivity index (χ3n) is 3.64. The Balaban J connectivity index is 1.96. The van der Waals surface area contributed by atoms with Crippen molar-refractivity contribution in [3.8, 4) is 0 Å². The van der Waals surface area contributed by atoms with E-state index < -0.39 is 5.91 Å².